The van der Waals surface area contributed by atoms with Crippen LogP contribution in [0.4, 0.5) is 0 Å². The minimum absolute atomic E-state index is 0. The Bertz CT molecular complexity index is 19.2. The van der Waals surface area contributed by atoms with E-state index < -0.39 is 0 Å². The number of aliphatic hydroxyl groups is 1. The van der Waals surface area contributed by atoms with E-state index in [-0.39, 0.29) is 99.8 Å². The van der Waals surface area contributed by atoms with Gasteiger partial charge in [0.2, 0.25) is 0 Å². The monoisotopic (exact) mass is 489 g/mol. The van der Waals surface area contributed by atoms with Crippen molar-refractivity contribution in [2.45, 2.75) is 20.0 Å². The predicted octanol–water partition coefficient (Wildman–Crippen LogP) is -8.60. The Labute approximate surface area is 117 Å². The topological polar surface area (TPSA) is 20.2 Å². The summed E-state index contributed by atoms with van der Waals surface area (Å²) < 4.78 is 0. The van der Waals surface area contributed by atoms with Crippen molar-refractivity contribution in [2.75, 3.05) is 0 Å². The SMILES string of the molecule is CC(C)O.[I-].[I-].[I-].[Ti+3]. The maximum absolute atomic E-state index is 8.06. The summed E-state index contributed by atoms with van der Waals surface area (Å²) in [6.07, 6.45) is -0.167. The van der Waals surface area contributed by atoms with Gasteiger partial charge in [-0.15, -0.1) is 0 Å². The Morgan fingerprint density at radius 1 is 1.00 bits per heavy atom. The zero-order valence-corrected chi connectivity index (χ0v) is 12.7. The Morgan fingerprint density at radius 2 is 1.00 bits per heavy atom. The van der Waals surface area contributed by atoms with Crippen LogP contribution in [-0.2, 0) is 21.7 Å². The molecule has 0 aromatic carbocycles. The maximum atomic E-state index is 8.06. The van der Waals surface area contributed by atoms with Gasteiger partial charge in [0.25, 0.3) is 0 Å². The normalized spacial score (nSPS) is 4.50. The quantitative estimate of drug-likeness (QED) is 0.265. The Morgan fingerprint density at radius 3 is 1.00 bits per heavy atom. The summed E-state index contributed by atoms with van der Waals surface area (Å²) in [4.78, 5) is 0. The second-order valence-electron chi connectivity index (χ2n) is 1.09. The van der Waals surface area contributed by atoms with Gasteiger partial charge in [-0.2, -0.15) is 0 Å². The molecule has 1 nitrogen and oxygen atoms in total. The molecule has 0 bridgehead atoms. The smallest absolute Gasteiger partial charge is 1.00 e. The van der Waals surface area contributed by atoms with Gasteiger partial charge < -0.3 is 77.0 Å². The van der Waals surface area contributed by atoms with Crippen molar-refractivity contribution in [1.29, 1.82) is 0 Å². The van der Waals surface area contributed by atoms with Gasteiger partial charge in [-0.25, -0.2) is 0 Å². The molecule has 0 amide bonds. The van der Waals surface area contributed by atoms with E-state index in [1.807, 2.05) is 0 Å². The van der Waals surface area contributed by atoms with Gasteiger partial charge in [0.1, 0.15) is 0 Å². The van der Waals surface area contributed by atoms with E-state index in [4.69, 9.17) is 5.11 Å². The minimum Gasteiger partial charge on any atom is -1.00 e. The minimum atomic E-state index is -0.167. The maximum Gasteiger partial charge on any atom is 3.00 e. The molecule has 0 saturated heterocycles. The van der Waals surface area contributed by atoms with Crippen molar-refractivity contribution in [1.82, 2.24) is 0 Å². The first-order valence-electron chi connectivity index (χ1n) is 1.41. The van der Waals surface area contributed by atoms with E-state index in [2.05, 4.69) is 0 Å². The van der Waals surface area contributed by atoms with Crippen LogP contribution in [0.3, 0.4) is 0 Å². The van der Waals surface area contributed by atoms with Crippen LogP contribution >= 0.6 is 0 Å². The van der Waals surface area contributed by atoms with Gasteiger partial charge >= 0.3 is 21.7 Å². The largest absolute Gasteiger partial charge is 3.00 e. The predicted molar refractivity (Wildman–Crippen MR) is 17.4 cm³/mol. The number of halogens is 3. The molecule has 0 unspecified atom stereocenters. The summed E-state index contributed by atoms with van der Waals surface area (Å²) in [5.41, 5.74) is 0. The summed E-state index contributed by atoms with van der Waals surface area (Å²) in [6.45, 7) is 3.44. The van der Waals surface area contributed by atoms with Crippen molar-refractivity contribution in [3.05, 3.63) is 0 Å². The molecule has 8 heavy (non-hydrogen) atoms. The van der Waals surface area contributed by atoms with Crippen molar-refractivity contribution in [3.63, 3.8) is 0 Å². The van der Waals surface area contributed by atoms with Gasteiger partial charge in [0.05, 0.1) is 0 Å². The fourth-order valence-electron chi connectivity index (χ4n) is 0. The molecular weight excluding hydrogens is 481 g/mol. The molecule has 0 heterocycles. The fraction of sp³-hybridized carbons (Fsp3) is 1.00. The Kier molecular flexibility index (Phi) is 86.6. The average molecular weight is 489 g/mol. The van der Waals surface area contributed by atoms with Crippen molar-refractivity contribution < 1.29 is 98.8 Å². The van der Waals surface area contributed by atoms with E-state index in [9.17, 15) is 0 Å². The Balaban J connectivity index is -0.00000000750. The van der Waals surface area contributed by atoms with E-state index in [0.717, 1.165) is 0 Å². The molecule has 0 aliphatic carbocycles. The zero-order valence-electron chi connectivity index (χ0n) is 4.66. The van der Waals surface area contributed by atoms with Crippen molar-refractivity contribution in [2.24, 2.45) is 0 Å². The molecule has 0 saturated carbocycles. The summed E-state index contributed by atoms with van der Waals surface area (Å²) in [5, 5.41) is 8.06. The molecule has 0 aliphatic heterocycles. The number of rotatable bonds is 0. The fourth-order valence-corrected chi connectivity index (χ4v) is 0. The second kappa shape index (κ2) is 22.5. The summed E-state index contributed by atoms with van der Waals surface area (Å²) in [6, 6.07) is 0. The third-order valence-corrected chi connectivity index (χ3v) is 0. The van der Waals surface area contributed by atoms with E-state index in [1.54, 1.807) is 13.8 Å². The van der Waals surface area contributed by atoms with Crippen LogP contribution in [0.15, 0.2) is 0 Å². The first kappa shape index (κ1) is 30.7. The van der Waals surface area contributed by atoms with E-state index in [1.165, 1.54) is 0 Å². The van der Waals surface area contributed by atoms with Gasteiger partial charge in [0, 0.05) is 6.10 Å². The summed E-state index contributed by atoms with van der Waals surface area (Å²) >= 11 is 0. The average Bonchev–Trinajstić information content (AvgIpc) is 0.811. The summed E-state index contributed by atoms with van der Waals surface area (Å²) in [7, 11) is 0. The van der Waals surface area contributed by atoms with Gasteiger partial charge in [-0.05, 0) is 13.8 Å². The molecule has 0 aromatic rings. The summed E-state index contributed by atoms with van der Waals surface area (Å²) in [5.74, 6) is 0. The molecule has 0 atom stereocenters. The molecule has 1 N–H and O–H groups in total. The zero-order chi connectivity index (χ0) is 3.58. The molecule has 1 radical (unpaired) electrons. The van der Waals surface area contributed by atoms with Gasteiger partial charge in [-0.1, -0.05) is 0 Å². The first-order chi connectivity index (χ1) is 1.73. The molecule has 0 aliphatic rings. The van der Waals surface area contributed by atoms with Crippen LogP contribution in [0.1, 0.15) is 13.8 Å². The Hall–Kier alpha value is 2.86. The van der Waals surface area contributed by atoms with Crippen LogP contribution in [-0.4, -0.2) is 11.2 Å². The third kappa shape index (κ3) is 66.8. The van der Waals surface area contributed by atoms with E-state index in [0.29, 0.717) is 0 Å². The van der Waals surface area contributed by atoms with Crippen LogP contribution in [0.25, 0.3) is 0 Å². The standard InChI is InChI=1S/C3H8O.3HI.Ti/c1-3(2)4;;;;/h3-4H,1-2H3;3*1H;/q;;;;+3/p-3. The molecule has 0 fully saturated rings. The molecule has 5 heteroatoms. The van der Waals surface area contributed by atoms with Crippen LogP contribution < -0.4 is 71.9 Å². The molecular formula is C3H8I3OTi. The second-order valence-corrected chi connectivity index (χ2v) is 1.09. The van der Waals surface area contributed by atoms with Crippen molar-refractivity contribution >= 4 is 0 Å². The first-order valence-corrected chi connectivity index (χ1v) is 1.41. The molecule has 51 valence electrons. The van der Waals surface area contributed by atoms with Crippen molar-refractivity contribution in [3.8, 4) is 0 Å². The van der Waals surface area contributed by atoms with Gasteiger partial charge in [-0.3, -0.25) is 0 Å². The number of hydrogen-bond acceptors (Lipinski definition) is 1. The molecule has 0 rings (SSSR count). The van der Waals surface area contributed by atoms with E-state index >= 15 is 0 Å². The molecule has 0 spiro atoms. The number of aliphatic hydroxyl groups excluding tert-OH is 1. The van der Waals surface area contributed by atoms with Crippen LogP contribution in [0, 0.1) is 0 Å². The van der Waals surface area contributed by atoms with Gasteiger partial charge in [0.15, 0.2) is 0 Å². The third-order valence-electron chi connectivity index (χ3n) is 0. The van der Waals surface area contributed by atoms with Crippen LogP contribution in [0.5, 0.6) is 0 Å². The molecule has 0 aromatic heterocycles. The van der Waals surface area contributed by atoms with Crippen LogP contribution in [0.2, 0.25) is 0 Å². The number of hydrogen-bond donors (Lipinski definition) is 1.